The van der Waals surface area contributed by atoms with E-state index in [0.717, 1.165) is 0 Å². The first-order valence-electron chi connectivity index (χ1n) is 2.46. The monoisotopic (exact) mass is 123 g/mol. The minimum atomic E-state index is 0.149. The van der Waals surface area contributed by atoms with Crippen molar-refractivity contribution in [3.8, 4) is 0 Å². The molecule has 4 heteroatoms. The Morgan fingerprint density at radius 2 is 2.00 bits per heavy atom. The van der Waals surface area contributed by atoms with Crippen LogP contribution in [-0.2, 0) is 0 Å². The Balaban J connectivity index is 2.98. The Morgan fingerprint density at radius 3 is 2.33 bits per heavy atom. The maximum atomic E-state index is 5.18. The van der Waals surface area contributed by atoms with Gasteiger partial charge in [0.15, 0.2) is 0 Å². The average molecular weight is 123 g/mol. The summed E-state index contributed by atoms with van der Waals surface area (Å²) < 4.78 is 0. The molecule has 4 N–H and O–H groups in total. The minimum Gasteiger partial charge on any atom is -0.284 e. The van der Waals surface area contributed by atoms with Gasteiger partial charge in [-0.1, -0.05) is 0 Å². The Hall–Kier alpha value is -1.45. The molecule has 0 aliphatic carbocycles. The minimum absolute atomic E-state index is 0.149. The smallest absolute Gasteiger partial charge is 0.284 e. The topological polar surface area (TPSA) is 77.4 Å². The molecule has 1 rings (SSSR count). The van der Waals surface area contributed by atoms with Crippen LogP contribution in [0.5, 0.6) is 0 Å². The number of amidine groups is 1. The molecule has 1 aromatic rings. The lowest BCUT2D eigenvalue weighted by Crippen LogP contribution is -2.47. The second kappa shape index (κ2) is 2.21. The van der Waals surface area contributed by atoms with Crippen LogP contribution in [0.15, 0.2) is 18.5 Å². The van der Waals surface area contributed by atoms with E-state index in [0.29, 0.717) is 5.82 Å². The molecule has 4 nitrogen and oxygen atoms in total. The normalized spacial score (nSPS) is 8.89. The van der Waals surface area contributed by atoms with Crippen molar-refractivity contribution in [1.29, 1.82) is 0 Å². The summed E-state index contributed by atoms with van der Waals surface area (Å²) in [7, 11) is 0. The largest absolute Gasteiger partial charge is 0.309 e. The molecule has 0 aromatic carbocycles. The van der Waals surface area contributed by atoms with Gasteiger partial charge in [-0.2, -0.15) is 0 Å². The standard InChI is InChI=1S/C5H6N4/c6-4(7)5-8-2-1-3-9-5/h1-3H,(H3,6,7)/p+1. The first-order valence-corrected chi connectivity index (χ1v) is 2.46. The zero-order valence-corrected chi connectivity index (χ0v) is 4.78. The van der Waals surface area contributed by atoms with E-state index in [4.69, 9.17) is 11.1 Å². The molecule has 0 atom stereocenters. The van der Waals surface area contributed by atoms with Gasteiger partial charge in [-0.15, -0.1) is 0 Å². The molecule has 0 spiro atoms. The molecule has 46 valence electrons. The Kier molecular flexibility index (Phi) is 1.40. The quantitative estimate of drug-likeness (QED) is 0.333. The number of nitrogens with two attached hydrogens (primary N) is 2. The summed E-state index contributed by atoms with van der Waals surface area (Å²) in [6, 6.07) is 1.70. The Morgan fingerprint density at radius 1 is 1.44 bits per heavy atom. The van der Waals surface area contributed by atoms with Gasteiger partial charge < -0.3 is 0 Å². The fourth-order valence-corrected chi connectivity index (χ4v) is 0.448. The summed E-state index contributed by atoms with van der Waals surface area (Å²) in [6.45, 7) is 0. The van der Waals surface area contributed by atoms with Gasteiger partial charge in [0.25, 0.3) is 0 Å². The van der Waals surface area contributed by atoms with Crippen LogP contribution in [0.1, 0.15) is 5.82 Å². The number of hydrogen-bond acceptors (Lipinski definition) is 2. The van der Waals surface area contributed by atoms with Crippen LogP contribution in [0.3, 0.4) is 0 Å². The van der Waals surface area contributed by atoms with Crippen LogP contribution in [0.25, 0.3) is 0 Å². The predicted octanol–water partition coefficient (Wildman–Crippen LogP) is -2.06. The molecular weight excluding hydrogens is 116 g/mol. The number of aromatic nitrogens is 2. The van der Waals surface area contributed by atoms with E-state index >= 15 is 0 Å². The Bertz CT molecular complexity index is 205. The van der Waals surface area contributed by atoms with Crippen molar-refractivity contribution in [3.63, 3.8) is 0 Å². The molecule has 0 saturated carbocycles. The van der Waals surface area contributed by atoms with E-state index in [1.54, 1.807) is 18.5 Å². The van der Waals surface area contributed by atoms with E-state index in [1.165, 1.54) is 0 Å². The van der Waals surface area contributed by atoms with Gasteiger partial charge in [0.1, 0.15) is 0 Å². The summed E-state index contributed by atoms with van der Waals surface area (Å²) >= 11 is 0. The highest BCUT2D eigenvalue weighted by atomic mass is 14.9. The molecule has 0 aliphatic rings. The number of nitrogens with zero attached hydrogens (tertiary/aromatic N) is 2. The first-order chi connectivity index (χ1) is 4.30. The lowest BCUT2D eigenvalue weighted by molar-refractivity contribution is -0.114. The van der Waals surface area contributed by atoms with Crippen LogP contribution in [0.4, 0.5) is 0 Å². The highest BCUT2D eigenvalue weighted by molar-refractivity contribution is 5.88. The van der Waals surface area contributed by atoms with E-state index in [2.05, 4.69) is 9.97 Å². The van der Waals surface area contributed by atoms with Crippen molar-refractivity contribution < 1.29 is 5.41 Å². The SMILES string of the molecule is NC(=[NH2+])c1ncccn1. The maximum absolute atomic E-state index is 5.18. The molecule has 0 bridgehead atoms. The molecular formula is C5H7N4+. The van der Waals surface area contributed by atoms with Crippen LogP contribution in [0.2, 0.25) is 0 Å². The zero-order valence-electron chi connectivity index (χ0n) is 4.78. The summed E-state index contributed by atoms with van der Waals surface area (Å²) in [4.78, 5) is 7.56. The van der Waals surface area contributed by atoms with E-state index < -0.39 is 0 Å². The maximum Gasteiger partial charge on any atom is 0.309 e. The molecule has 0 aliphatic heterocycles. The number of hydrogen-bond donors (Lipinski definition) is 2. The zero-order chi connectivity index (χ0) is 6.69. The van der Waals surface area contributed by atoms with Gasteiger partial charge in [-0.3, -0.25) is 11.1 Å². The Labute approximate surface area is 52.3 Å². The van der Waals surface area contributed by atoms with Crippen molar-refractivity contribution >= 4 is 5.84 Å². The third-order valence-corrected chi connectivity index (χ3v) is 0.824. The average Bonchev–Trinajstić information content (AvgIpc) is 1.90. The van der Waals surface area contributed by atoms with Crippen molar-refractivity contribution in [2.75, 3.05) is 0 Å². The fraction of sp³-hybridized carbons (Fsp3) is 0. The summed E-state index contributed by atoms with van der Waals surface area (Å²) in [5, 5.41) is 5.18. The van der Waals surface area contributed by atoms with Crippen molar-refractivity contribution in [3.05, 3.63) is 24.3 Å². The van der Waals surface area contributed by atoms with Gasteiger partial charge in [0.2, 0.25) is 5.82 Å². The van der Waals surface area contributed by atoms with E-state index in [9.17, 15) is 0 Å². The number of rotatable bonds is 1. The van der Waals surface area contributed by atoms with Gasteiger partial charge in [0.05, 0.1) is 0 Å². The summed E-state index contributed by atoms with van der Waals surface area (Å²) in [5.74, 6) is 0.535. The molecule has 0 unspecified atom stereocenters. The lowest BCUT2D eigenvalue weighted by atomic mass is 10.5. The van der Waals surface area contributed by atoms with E-state index in [-0.39, 0.29) is 5.84 Å². The highest BCUT2D eigenvalue weighted by Crippen LogP contribution is 1.80. The molecule has 0 saturated heterocycles. The third kappa shape index (κ3) is 1.22. The second-order valence-corrected chi connectivity index (χ2v) is 1.53. The summed E-state index contributed by atoms with van der Waals surface area (Å²) in [5.41, 5.74) is 5.18. The predicted molar refractivity (Wildman–Crippen MR) is 32.3 cm³/mol. The van der Waals surface area contributed by atoms with Crippen LogP contribution >= 0.6 is 0 Å². The van der Waals surface area contributed by atoms with Crippen molar-refractivity contribution in [2.45, 2.75) is 0 Å². The third-order valence-electron chi connectivity index (χ3n) is 0.824. The fourth-order valence-electron chi connectivity index (χ4n) is 0.448. The molecule has 0 fully saturated rings. The molecule has 0 amide bonds. The van der Waals surface area contributed by atoms with Crippen LogP contribution in [0, 0.1) is 0 Å². The van der Waals surface area contributed by atoms with Gasteiger partial charge >= 0.3 is 5.84 Å². The van der Waals surface area contributed by atoms with Crippen molar-refractivity contribution in [2.24, 2.45) is 5.73 Å². The van der Waals surface area contributed by atoms with E-state index in [1.807, 2.05) is 0 Å². The summed E-state index contributed by atoms with van der Waals surface area (Å²) in [6.07, 6.45) is 3.17. The molecule has 1 aromatic heterocycles. The van der Waals surface area contributed by atoms with Crippen LogP contribution in [-0.4, -0.2) is 15.8 Å². The van der Waals surface area contributed by atoms with Gasteiger partial charge in [-0.25, -0.2) is 9.97 Å². The molecule has 0 radical (unpaired) electrons. The van der Waals surface area contributed by atoms with Gasteiger partial charge in [-0.05, 0) is 6.07 Å². The highest BCUT2D eigenvalue weighted by Gasteiger charge is 2.00. The van der Waals surface area contributed by atoms with Crippen LogP contribution < -0.4 is 11.1 Å². The molecule has 1 heterocycles. The first kappa shape index (κ1) is 5.68. The van der Waals surface area contributed by atoms with Gasteiger partial charge in [0, 0.05) is 12.4 Å². The van der Waals surface area contributed by atoms with Crippen molar-refractivity contribution in [1.82, 2.24) is 9.97 Å². The molecule has 9 heavy (non-hydrogen) atoms. The lowest BCUT2D eigenvalue weighted by Gasteiger charge is -1.85. The second-order valence-electron chi connectivity index (χ2n) is 1.53.